The predicted molar refractivity (Wildman–Crippen MR) is 108 cm³/mol. The number of imidazole rings is 1. The summed E-state index contributed by atoms with van der Waals surface area (Å²) < 4.78 is 17.0. The van der Waals surface area contributed by atoms with Crippen molar-refractivity contribution in [1.29, 1.82) is 0 Å². The second kappa shape index (κ2) is 8.52. The zero-order valence-electron chi connectivity index (χ0n) is 15.7. The summed E-state index contributed by atoms with van der Waals surface area (Å²) in [6, 6.07) is 17.4. The maximum Gasteiger partial charge on any atom is 0.271 e. The van der Waals surface area contributed by atoms with Crippen LogP contribution in [-0.2, 0) is 6.54 Å². The van der Waals surface area contributed by atoms with Crippen molar-refractivity contribution in [1.82, 2.24) is 24.6 Å². The van der Waals surface area contributed by atoms with Gasteiger partial charge in [-0.05, 0) is 48.9 Å². The monoisotopic (exact) mass is 389 g/mol. The van der Waals surface area contributed by atoms with Crippen LogP contribution < -0.4 is 5.32 Å². The third-order valence-corrected chi connectivity index (χ3v) is 4.52. The summed E-state index contributed by atoms with van der Waals surface area (Å²) in [5.74, 6) is -0.552. The first kappa shape index (κ1) is 18.6. The lowest BCUT2D eigenvalue weighted by molar-refractivity contribution is 0.0947. The fraction of sp³-hybridized carbons (Fsp3) is 0.136. The molecule has 0 unspecified atom stereocenters. The molecule has 0 aliphatic rings. The van der Waals surface area contributed by atoms with E-state index in [1.807, 2.05) is 41.1 Å². The van der Waals surface area contributed by atoms with Crippen molar-refractivity contribution in [3.8, 4) is 16.9 Å². The summed E-state index contributed by atoms with van der Waals surface area (Å²) in [6.07, 6.45) is 6.15. The average Bonchev–Trinajstić information content (AvgIpc) is 3.42. The molecule has 0 saturated heterocycles. The minimum absolute atomic E-state index is 0.242. The molecule has 2 aromatic carbocycles. The molecule has 2 aromatic heterocycles. The molecule has 146 valence electrons. The molecule has 29 heavy (non-hydrogen) atoms. The quantitative estimate of drug-likeness (QED) is 0.490. The largest absolute Gasteiger partial charge is 0.351 e. The van der Waals surface area contributed by atoms with Crippen molar-refractivity contribution < 1.29 is 9.18 Å². The van der Waals surface area contributed by atoms with Crippen LogP contribution in [0.15, 0.2) is 79.4 Å². The number of rotatable bonds is 7. The second-order valence-corrected chi connectivity index (χ2v) is 6.58. The van der Waals surface area contributed by atoms with Crippen LogP contribution in [0.1, 0.15) is 16.9 Å². The van der Waals surface area contributed by atoms with Gasteiger partial charge in [-0.15, -0.1) is 0 Å². The van der Waals surface area contributed by atoms with Gasteiger partial charge in [-0.2, -0.15) is 5.10 Å². The fourth-order valence-electron chi connectivity index (χ4n) is 3.06. The molecule has 0 radical (unpaired) electrons. The lowest BCUT2D eigenvalue weighted by atomic mass is 10.1. The molecule has 1 N–H and O–H groups in total. The Labute approximate surface area is 167 Å². The lowest BCUT2D eigenvalue weighted by Gasteiger charge is -2.07. The highest BCUT2D eigenvalue weighted by atomic mass is 19.1. The van der Waals surface area contributed by atoms with Gasteiger partial charge in [0.15, 0.2) is 5.69 Å². The van der Waals surface area contributed by atoms with Crippen LogP contribution in [0.2, 0.25) is 0 Å². The van der Waals surface area contributed by atoms with E-state index in [2.05, 4.69) is 15.4 Å². The van der Waals surface area contributed by atoms with Crippen LogP contribution in [0.4, 0.5) is 4.39 Å². The molecule has 0 fully saturated rings. The topological polar surface area (TPSA) is 64.7 Å². The van der Waals surface area contributed by atoms with Crippen LogP contribution in [0.3, 0.4) is 0 Å². The van der Waals surface area contributed by atoms with Gasteiger partial charge >= 0.3 is 0 Å². The highest BCUT2D eigenvalue weighted by Gasteiger charge is 2.16. The van der Waals surface area contributed by atoms with Crippen molar-refractivity contribution in [2.45, 2.75) is 13.0 Å². The van der Waals surface area contributed by atoms with Gasteiger partial charge in [-0.25, -0.2) is 14.1 Å². The Balaban J connectivity index is 1.54. The number of amides is 1. The number of hydrogen-bond acceptors (Lipinski definition) is 3. The van der Waals surface area contributed by atoms with Crippen molar-refractivity contribution in [3.63, 3.8) is 0 Å². The van der Waals surface area contributed by atoms with Gasteiger partial charge in [0.05, 0.1) is 17.7 Å². The molecule has 0 aliphatic heterocycles. The molecule has 0 saturated carbocycles. The van der Waals surface area contributed by atoms with Crippen molar-refractivity contribution in [3.05, 3.63) is 90.9 Å². The van der Waals surface area contributed by atoms with E-state index in [0.29, 0.717) is 12.2 Å². The third kappa shape index (κ3) is 4.40. The van der Waals surface area contributed by atoms with E-state index in [-0.39, 0.29) is 11.7 Å². The number of para-hydroxylation sites is 1. The molecule has 7 heteroatoms. The predicted octanol–water partition coefficient (Wildman–Crippen LogP) is 3.70. The molecular weight excluding hydrogens is 369 g/mol. The van der Waals surface area contributed by atoms with Gasteiger partial charge in [-0.3, -0.25) is 4.79 Å². The fourth-order valence-corrected chi connectivity index (χ4v) is 3.06. The van der Waals surface area contributed by atoms with E-state index in [1.165, 1.54) is 12.1 Å². The summed E-state index contributed by atoms with van der Waals surface area (Å²) in [6.45, 7) is 1.31. The molecule has 0 aliphatic carbocycles. The summed E-state index contributed by atoms with van der Waals surface area (Å²) in [7, 11) is 0. The van der Waals surface area contributed by atoms with E-state index in [9.17, 15) is 9.18 Å². The molecule has 0 atom stereocenters. The first-order valence-corrected chi connectivity index (χ1v) is 9.36. The molecule has 1 amide bonds. The Bertz CT molecular complexity index is 1070. The van der Waals surface area contributed by atoms with Gasteiger partial charge in [0.25, 0.3) is 5.91 Å². The number of halogens is 1. The van der Waals surface area contributed by atoms with E-state index >= 15 is 0 Å². The van der Waals surface area contributed by atoms with Crippen LogP contribution in [0.25, 0.3) is 16.9 Å². The maximum absolute atomic E-state index is 13.3. The van der Waals surface area contributed by atoms with Crippen LogP contribution in [-0.4, -0.2) is 31.8 Å². The SMILES string of the molecule is O=C(NCCCn1ccnc1)c1cc(-c2ccc(F)cc2)n(-c2ccccc2)n1. The molecular formula is C22H20FN5O. The number of carbonyl (C=O) groups is 1. The highest BCUT2D eigenvalue weighted by Crippen LogP contribution is 2.24. The van der Waals surface area contributed by atoms with E-state index in [4.69, 9.17) is 0 Å². The molecule has 2 heterocycles. The van der Waals surface area contributed by atoms with Gasteiger partial charge in [-0.1, -0.05) is 18.2 Å². The zero-order valence-corrected chi connectivity index (χ0v) is 15.7. The minimum Gasteiger partial charge on any atom is -0.351 e. The van der Waals surface area contributed by atoms with Gasteiger partial charge in [0, 0.05) is 31.0 Å². The van der Waals surface area contributed by atoms with Crippen LogP contribution in [0, 0.1) is 5.82 Å². The number of hydrogen-bond donors (Lipinski definition) is 1. The highest BCUT2D eigenvalue weighted by molar-refractivity contribution is 5.93. The molecule has 4 aromatic rings. The summed E-state index contributed by atoms with van der Waals surface area (Å²) in [4.78, 5) is 16.6. The number of carbonyl (C=O) groups excluding carboxylic acids is 1. The number of aryl methyl sites for hydroxylation is 1. The number of benzene rings is 2. The number of nitrogens with zero attached hydrogens (tertiary/aromatic N) is 4. The lowest BCUT2D eigenvalue weighted by Crippen LogP contribution is -2.25. The van der Waals surface area contributed by atoms with Gasteiger partial charge in [0.1, 0.15) is 5.82 Å². The van der Waals surface area contributed by atoms with Crippen molar-refractivity contribution >= 4 is 5.91 Å². The zero-order chi connectivity index (χ0) is 20.1. The Kier molecular flexibility index (Phi) is 5.47. The molecule has 6 nitrogen and oxygen atoms in total. The van der Waals surface area contributed by atoms with Crippen LogP contribution in [0.5, 0.6) is 0 Å². The van der Waals surface area contributed by atoms with E-state index < -0.39 is 0 Å². The Hall–Kier alpha value is -3.74. The number of nitrogens with one attached hydrogen (secondary N) is 1. The Morgan fingerprint density at radius 2 is 1.86 bits per heavy atom. The molecule has 0 spiro atoms. The maximum atomic E-state index is 13.3. The Morgan fingerprint density at radius 3 is 2.59 bits per heavy atom. The van der Waals surface area contributed by atoms with E-state index in [1.54, 1.807) is 35.4 Å². The van der Waals surface area contributed by atoms with Crippen LogP contribution >= 0.6 is 0 Å². The summed E-state index contributed by atoms with van der Waals surface area (Å²) >= 11 is 0. The minimum atomic E-state index is -0.310. The first-order chi connectivity index (χ1) is 14.2. The standard InChI is InChI=1S/C22H20FN5O/c23-18-9-7-17(8-10-18)21-15-20(26-28(21)19-5-2-1-3-6-19)22(29)25-11-4-13-27-14-12-24-16-27/h1-3,5-10,12,14-16H,4,11,13H2,(H,25,29). The number of aromatic nitrogens is 4. The van der Waals surface area contributed by atoms with Gasteiger partial charge in [0.2, 0.25) is 0 Å². The molecule has 4 rings (SSSR count). The van der Waals surface area contributed by atoms with Crippen molar-refractivity contribution in [2.75, 3.05) is 6.54 Å². The van der Waals surface area contributed by atoms with Crippen molar-refractivity contribution in [2.24, 2.45) is 0 Å². The van der Waals surface area contributed by atoms with E-state index in [0.717, 1.165) is 29.9 Å². The Morgan fingerprint density at radius 1 is 1.07 bits per heavy atom. The molecule has 0 bridgehead atoms. The summed E-state index contributed by atoms with van der Waals surface area (Å²) in [5.41, 5.74) is 2.64. The second-order valence-electron chi connectivity index (χ2n) is 6.58. The average molecular weight is 389 g/mol. The first-order valence-electron chi connectivity index (χ1n) is 9.36. The third-order valence-electron chi connectivity index (χ3n) is 4.52. The normalized spacial score (nSPS) is 10.8. The summed E-state index contributed by atoms with van der Waals surface area (Å²) in [5, 5.41) is 7.41. The smallest absolute Gasteiger partial charge is 0.271 e. The van der Waals surface area contributed by atoms with Gasteiger partial charge < -0.3 is 9.88 Å².